The van der Waals surface area contributed by atoms with Crippen LogP contribution >= 0.6 is 0 Å². The van der Waals surface area contributed by atoms with Gasteiger partial charge in [-0.05, 0) is 23.8 Å². The Morgan fingerprint density at radius 1 is 0.906 bits per heavy atom. The minimum Gasteiger partial charge on any atom is -0.368 e. The van der Waals surface area contributed by atoms with Gasteiger partial charge >= 0.3 is 0 Å². The van der Waals surface area contributed by atoms with E-state index in [1.807, 2.05) is 48.5 Å². The lowest BCUT2D eigenvalue weighted by Gasteiger charge is -2.38. The molecule has 0 aliphatic carbocycles. The van der Waals surface area contributed by atoms with Crippen molar-refractivity contribution in [2.75, 3.05) is 44.2 Å². The molecular weight excluding hydrogens is 404 g/mol. The molecule has 7 heteroatoms. The minimum absolute atomic E-state index is 0.00207. The van der Waals surface area contributed by atoms with Crippen molar-refractivity contribution >= 4 is 29.5 Å². The Morgan fingerprint density at radius 2 is 1.56 bits per heavy atom. The fourth-order valence-corrected chi connectivity index (χ4v) is 4.16. The molecule has 0 bridgehead atoms. The van der Waals surface area contributed by atoms with Crippen LogP contribution in [0.4, 0.5) is 5.69 Å². The Morgan fingerprint density at radius 3 is 2.25 bits per heavy atom. The van der Waals surface area contributed by atoms with Crippen LogP contribution in [-0.4, -0.2) is 72.8 Å². The first-order valence-electron chi connectivity index (χ1n) is 11.0. The van der Waals surface area contributed by atoms with Crippen molar-refractivity contribution in [2.45, 2.75) is 12.5 Å². The summed E-state index contributed by atoms with van der Waals surface area (Å²) < 4.78 is 0. The van der Waals surface area contributed by atoms with Gasteiger partial charge in [-0.15, -0.1) is 0 Å². The summed E-state index contributed by atoms with van der Waals surface area (Å²) in [6, 6.07) is 18.9. The molecular formula is C25H28N4O3. The number of anilines is 1. The lowest BCUT2D eigenvalue weighted by atomic mass is 10.1. The smallest absolute Gasteiger partial charge is 0.247 e. The summed E-state index contributed by atoms with van der Waals surface area (Å²) in [6.07, 6.45) is 3.21. The second-order valence-corrected chi connectivity index (χ2v) is 7.99. The highest BCUT2D eigenvalue weighted by Crippen LogP contribution is 2.18. The Hall–Kier alpha value is -3.61. The summed E-state index contributed by atoms with van der Waals surface area (Å²) in [6.45, 7) is 3.48. The second-order valence-electron chi connectivity index (χ2n) is 7.99. The Labute approximate surface area is 188 Å². The first-order chi connectivity index (χ1) is 15.6. The minimum atomic E-state index is -0.781. The molecule has 2 saturated heterocycles. The fourth-order valence-electron chi connectivity index (χ4n) is 4.16. The van der Waals surface area contributed by atoms with Gasteiger partial charge in [0.25, 0.3) is 0 Å². The topological polar surface area (TPSA) is 73.0 Å². The van der Waals surface area contributed by atoms with Crippen molar-refractivity contribution in [3.63, 3.8) is 0 Å². The number of carbonyl (C=O) groups excluding carboxylic acids is 3. The van der Waals surface area contributed by atoms with Crippen LogP contribution in [0, 0.1) is 0 Å². The first-order valence-corrected chi connectivity index (χ1v) is 11.0. The average Bonchev–Trinajstić information content (AvgIpc) is 2.85. The lowest BCUT2D eigenvalue weighted by molar-refractivity contribution is -0.144. The van der Waals surface area contributed by atoms with Gasteiger partial charge in [0.1, 0.15) is 6.04 Å². The van der Waals surface area contributed by atoms with E-state index in [0.29, 0.717) is 26.2 Å². The van der Waals surface area contributed by atoms with E-state index in [-0.39, 0.29) is 24.1 Å². The van der Waals surface area contributed by atoms with Gasteiger partial charge in [0.05, 0.1) is 6.42 Å². The van der Waals surface area contributed by atoms with Crippen LogP contribution in [0.5, 0.6) is 0 Å². The highest BCUT2D eigenvalue weighted by atomic mass is 16.2. The molecule has 2 heterocycles. The molecule has 2 fully saturated rings. The number of nitrogens with zero attached hydrogens (tertiary/aromatic N) is 3. The zero-order chi connectivity index (χ0) is 22.3. The van der Waals surface area contributed by atoms with Crippen LogP contribution in [-0.2, 0) is 14.4 Å². The molecule has 2 aliphatic rings. The highest BCUT2D eigenvalue weighted by molar-refractivity contribution is 5.98. The molecule has 0 aromatic heterocycles. The molecule has 166 valence electrons. The van der Waals surface area contributed by atoms with Crippen LogP contribution in [0.15, 0.2) is 66.7 Å². The molecule has 2 aromatic rings. The normalized spacial score (nSPS) is 19.2. The molecule has 2 aromatic carbocycles. The standard InChI is InChI=1S/C25H28N4O3/c30-23(12-11-20-7-3-1-4-8-20)29-14-13-26-25(32)22(29)19-24(31)28-17-15-27(16-18-28)21-9-5-2-6-10-21/h1-12,22H,13-19H2,(H,26,32)/b12-11+. The van der Waals surface area contributed by atoms with Crippen molar-refractivity contribution in [3.05, 3.63) is 72.3 Å². The zero-order valence-electron chi connectivity index (χ0n) is 18.0. The first kappa shape index (κ1) is 21.6. The van der Waals surface area contributed by atoms with Crippen LogP contribution < -0.4 is 10.2 Å². The summed E-state index contributed by atoms with van der Waals surface area (Å²) in [5, 5.41) is 2.79. The number of para-hydroxylation sites is 1. The van der Waals surface area contributed by atoms with Crippen molar-refractivity contribution < 1.29 is 14.4 Å². The van der Waals surface area contributed by atoms with Gasteiger partial charge < -0.3 is 20.0 Å². The number of rotatable bonds is 5. The number of benzene rings is 2. The van der Waals surface area contributed by atoms with E-state index in [1.54, 1.807) is 11.0 Å². The van der Waals surface area contributed by atoms with Gasteiger partial charge in [0, 0.05) is 51.0 Å². The van der Waals surface area contributed by atoms with Gasteiger partial charge in [-0.3, -0.25) is 14.4 Å². The molecule has 0 spiro atoms. The van der Waals surface area contributed by atoms with Crippen molar-refractivity contribution in [1.82, 2.24) is 15.1 Å². The van der Waals surface area contributed by atoms with Gasteiger partial charge in [-0.2, -0.15) is 0 Å². The molecule has 2 aliphatic heterocycles. The molecule has 32 heavy (non-hydrogen) atoms. The third-order valence-corrected chi connectivity index (χ3v) is 5.95. The number of piperazine rings is 2. The van der Waals surface area contributed by atoms with Crippen LogP contribution in [0.1, 0.15) is 12.0 Å². The number of nitrogens with one attached hydrogen (secondary N) is 1. The Balaban J connectivity index is 1.36. The van der Waals surface area contributed by atoms with Crippen molar-refractivity contribution in [2.24, 2.45) is 0 Å². The number of carbonyl (C=O) groups is 3. The Bertz CT molecular complexity index is 969. The fraction of sp³-hybridized carbons (Fsp3) is 0.320. The predicted octanol–water partition coefficient (Wildman–Crippen LogP) is 1.77. The maximum Gasteiger partial charge on any atom is 0.247 e. The molecule has 0 radical (unpaired) electrons. The molecule has 3 amide bonds. The maximum absolute atomic E-state index is 13.0. The quantitative estimate of drug-likeness (QED) is 0.731. The second kappa shape index (κ2) is 10.1. The van der Waals surface area contributed by atoms with Gasteiger partial charge in [0.15, 0.2) is 0 Å². The van der Waals surface area contributed by atoms with Gasteiger partial charge in [-0.25, -0.2) is 0 Å². The predicted molar refractivity (Wildman–Crippen MR) is 124 cm³/mol. The van der Waals surface area contributed by atoms with Gasteiger partial charge in [0.2, 0.25) is 17.7 Å². The van der Waals surface area contributed by atoms with Crippen LogP contribution in [0.2, 0.25) is 0 Å². The molecule has 4 rings (SSSR count). The van der Waals surface area contributed by atoms with Crippen LogP contribution in [0.3, 0.4) is 0 Å². The van der Waals surface area contributed by atoms with E-state index >= 15 is 0 Å². The van der Waals surface area contributed by atoms with E-state index in [4.69, 9.17) is 0 Å². The van der Waals surface area contributed by atoms with Gasteiger partial charge in [-0.1, -0.05) is 48.5 Å². The molecule has 1 atom stereocenters. The van der Waals surface area contributed by atoms with Crippen LogP contribution in [0.25, 0.3) is 6.08 Å². The third kappa shape index (κ3) is 5.17. The molecule has 1 unspecified atom stereocenters. The summed E-state index contributed by atoms with van der Waals surface area (Å²) >= 11 is 0. The van der Waals surface area contributed by atoms with E-state index in [2.05, 4.69) is 22.3 Å². The summed E-state index contributed by atoms with van der Waals surface area (Å²) in [5.74, 6) is -0.617. The number of hydrogen-bond acceptors (Lipinski definition) is 4. The summed E-state index contributed by atoms with van der Waals surface area (Å²) in [7, 11) is 0. The highest BCUT2D eigenvalue weighted by Gasteiger charge is 2.35. The van der Waals surface area contributed by atoms with E-state index in [1.165, 1.54) is 11.0 Å². The van der Waals surface area contributed by atoms with E-state index < -0.39 is 6.04 Å². The number of amides is 3. The summed E-state index contributed by atoms with van der Waals surface area (Å²) in [4.78, 5) is 43.9. The van der Waals surface area contributed by atoms with E-state index in [0.717, 1.165) is 24.3 Å². The third-order valence-electron chi connectivity index (χ3n) is 5.95. The largest absolute Gasteiger partial charge is 0.368 e. The van der Waals surface area contributed by atoms with Crippen molar-refractivity contribution in [1.29, 1.82) is 0 Å². The molecule has 7 nitrogen and oxygen atoms in total. The van der Waals surface area contributed by atoms with Crippen molar-refractivity contribution in [3.8, 4) is 0 Å². The molecule has 1 N–H and O–H groups in total. The molecule has 0 saturated carbocycles. The SMILES string of the molecule is O=C1NCCN(C(=O)/C=C/c2ccccc2)C1CC(=O)N1CCN(c2ccccc2)CC1. The number of hydrogen-bond donors (Lipinski definition) is 1. The van der Waals surface area contributed by atoms with E-state index in [9.17, 15) is 14.4 Å². The monoisotopic (exact) mass is 432 g/mol. The maximum atomic E-state index is 13.0. The lowest BCUT2D eigenvalue weighted by Crippen LogP contribution is -2.59. The average molecular weight is 433 g/mol. The zero-order valence-corrected chi connectivity index (χ0v) is 18.0. The summed E-state index contributed by atoms with van der Waals surface area (Å²) in [5.41, 5.74) is 2.06. The Kier molecular flexibility index (Phi) is 6.84.